The SMILES string of the molecule is CC(O)COC(=O)C(N)CC(C)O. The Balaban J connectivity index is 3.69. The molecule has 0 aromatic carbocycles. The van der Waals surface area contributed by atoms with E-state index in [0.717, 1.165) is 0 Å². The Hall–Kier alpha value is -0.650. The lowest BCUT2D eigenvalue weighted by Gasteiger charge is -2.13. The normalized spacial score (nSPS) is 17.6. The van der Waals surface area contributed by atoms with Crippen LogP contribution in [-0.2, 0) is 9.53 Å². The van der Waals surface area contributed by atoms with Crippen molar-refractivity contribution in [3.05, 3.63) is 0 Å². The zero-order valence-corrected chi connectivity index (χ0v) is 7.93. The molecule has 5 heteroatoms. The summed E-state index contributed by atoms with van der Waals surface area (Å²) >= 11 is 0. The van der Waals surface area contributed by atoms with Crippen LogP contribution in [0.3, 0.4) is 0 Å². The van der Waals surface area contributed by atoms with E-state index in [-0.39, 0.29) is 13.0 Å². The highest BCUT2D eigenvalue weighted by molar-refractivity contribution is 5.75. The fraction of sp³-hybridized carbons (Fsp3) is 0.875. The average molecular weight is 191 g/mol. The predicted molar refractivity (Wildman–Crippen MR) is 46.9 cm³/mol. The largest absolute Gasteiger partial charge is 0.462 e. The number of carbonyl (C=O) groups is 1. The Kier molecular flexibility index (Phi) is 5.61. The predicted octanol–water partition coefficient (Wildman–Crippen LogP) is -0.991. The van der Waals surface area contributed by atoms with Crippen molar-refractivity contribution < 1.29 is 19.7 Å². The molecule has 0 heterocycles. The summed E-state index contributed by atoms with van der Waals surface area (Å²) in [7, 11) is 0. The van der Waals surface area contributed by atoms with Crippen LogP contribution in [0.25, 0.3) is 0 Å². The molecular weight excluding hydrogens is 174 g/mol. The minimum Gasteiger partial charge on any atom is -0.462 e. The molecule has 0 rings (SSSR count). The van der Waals surface area contributed by atoms with Crippen molar-refractivity contribution in [2.45, 2.75) is 38.5 Å². The number of hydrogen-bond donors (Lipinski definition) is 3. The number of esters is 1. The van der Waals surface area contributed by atoms with Crippen molar-refractivity contribution in [3.63, 3.8) is 0 Å². The van der Waals surface area contributed by atoms with Gasteiger partial charge < -0.3 is 20.7 Å². The van der Waals surface area contributed by atoms with Gasteiger partial charge in [-0.25, -0.2) is 0 Å². The van der Waals surface area contributed by atoms with E-state index in [1.165, 1.54) is 6.92 Å². The van der Waals surface area contributed by atoms with E-state index >= 15 is 0 Å². The summed E-state index contributed by atoms with van der Waals surface area (Å²) in [6.45, 7) is 2.99. The van der Waals surface area contributed by atoms with Crippen molar-refractivity contribution in [3.8, 4) is 0 Å². The third-order valence-corrected chi connectivity index (χ3v) is 1.36. The van der Waals surface area contributed by atoms with Crippen LogP contribution >= 0.6 is 0 Å². The molecule has 0 saturated carbocycles. The van der Waals surface area contributed by atoms with Gasteiger partial charge in [-0.05, 0) is 20.3 Å². The first-order valence-electron chi connectivity index (χ1n) is 4.21. The molecule has 0 amide bonds. The van der Waals surface area contributed by atoms with Crippen LogP contribution in [0.5, 0.6) is 0 Å². The lowest BCUT2D eigenvalue weighted by atomic mass is 10.1. The van der Waals surface area contributed by atoms with Crippen LogP contribution < -0.4 is 5.73 Å². The van der Waals surface area contributed by atoms with Gasteiger partial charge in [0.15, 0.2) is 0 Å². The fourth-order valence-corrected chi connectivity index (χ4v) is 0.773. The molecule has 13 heavy (non-hydrogen) atoms. The second-order valence-corrected chi connectivity index (χ2v) is 3.17. The van der Waals surface area contributed by atoms with Crippen molar-refractivity contribution >= 4 is 5.97 Å². The zero-order valence-electron chi connectivity index (χ0n) is 7.93. The number of carbonyl (C=O) groups excluding carboxylic acids is 1. The van der Waals surface area contributed by atoms with Crippen molar-refractivity contribution in [2.24, 2.45) is 5.73 Å². The number of hydrogen-bond acceptors (Lipinski definition) is 5. The lowest BCUT2D eigenvalue weighted by molar-refractivity contribution is -0.148. The number of nitrogens with two attached hydrogens (primary N) is 1. The number of ether oxygens (including phenoxy) is 1. The maximum Gasteiger partial charge on any atom is 0.323 e. The molecule has 0 radical (unpaired) electrons. The molecule has 4 N–H and O–H groups in total. The average Bonchev–Trinajstić information content (AvgIpc) is 1.98. The van der Waals surface area contributed by atoms with Gasteiger partial charge in [0.05, 0.1) is 12.2 Å². The monoisotopic (exact) mass is 191 g/mol. The Morgan fingerprint density at radius 3 is 2.31 bits per heavy atom. The summed E-state index contributed by atoms with van der Waals surface area (Å²) in [4.78, 5) is 11.0. The van der Waals surface area contributed by atoms with Gasteiger partial charge in [0, 0.05) is 0 Å². The smallest absolute Gasteiger partial charge is 0.323 e. The molecular formula is C8H17NO4. The van der Waals surface area contributed by atoms with E-state index in [4.69, 9.17) is 15.9 Å². The van der Waals surface area contributed by atoms with Crippen molar-refractivity contribution in [1.82, 2.24) is 0 Å². The molecule has 78 valence electrons. The molecule has 0 spiro atoms. The van der Waals surface area contributed by atoms with Crippen LogP contribution in [0.1, 0.15) is 20.3 Å². The molecule has 0 aromatic rings. The first kappa shape index (κ1) is 12.3. The maximum atomic E-state index is 11.0. The summed E-state index contributed by atoms with van der Waals surface area (Å²) in [6.07, 6.45) is -1.16. The van der Waals surface area contributed by atoms with E-state index in [1.54, 1.807) is 6.92 Å². The standard InChI is InChI=1S/C8H17NO4/c1-5(10)3-7(9)8(12)13-4-6(2)11/h5-7,10-11H,3-4,9H2,1-2H3. The topological polar surface area (TPSA) is 92.8 Å². The Morgan fingerprint density at radius 1 is 1.38 bits per heavy atom. The molecule has 0 aliphatic heterocycles. The van der Waals surface area contributed by atoms with E-state index in [2.05, 4.69) is 4.74 Å². The second-order valence-electron chi connectivity index (χ2n) is 3.17. The number of aliphatic hydroxyl groups is 2. The molecule has 3 unspecified atom stereocenters. The van der Waals surface area contributed by atoms with Gasteiger partial charge in [-0.2, -0.15) is 0 Å². The minimum absolute atomic E-state index is 0.0632. The summed E-state index contributed by atoms with van der Waals surface area (Å²) in [6, 6.07) is -0.821. The quantitative estimate of drug-likeness (QED) is 0.485. The van der Waals surface area contributed by atoms with Crippen LogP contribution in [0.4, 0.5) is 0 Å². The van der Waals surface area contributed by atoms with Crippen molar-refractivity contribution in [2.75, 3.05) is 6.61 Å². The summed E-state index contributed by atoms with van der Waals surface area (Å²) in [5.74, 6) is -0.596. The third kappa shape index (κ3) is 6.51. The molecule has 5 nitrogen and oxygen atoms in total. The lowest BCUT2D eigenvalue weighted by Crippen LogP contribution is -2.36. The second kappa shape index (κ2) is 5.90. The maximum absolute atomic E-state index is 11.0. The van der Waals surface area contributed by atoms with Gasteiger partial charge >= 0.3 is 5.97 Å². The summed E-state index contributed by atoms with van der Waals surface area (Å²) < 4.78 is 4.64. The first-order chi connectivity index (χ1) is 5.93. The highest BCUT2D eigenvalue weighted by Crippen LogP contribution is 1.97. The van der Waals surface area contributed by atoms with Crippen LogP contribution in [-0.4, -0.2) is 41.0 Å². The molecule has 0 fully saturated rings. The molecule has 3 atom stereocenters. The van der Waals surface area contributed by atoms with Crippen LogP contribution in [0, 0.1) is 0 Å². The highest BCUT2D eigenvalue weighted by Gasteiger charge is 2.17. The third-order valence-electron chi connectivity index (χ3n) is 1.36. The molecule has 0 bridgehead atoms. The first-order valence-corrected chi connectivity index (χ1v) is 4.21. The summed E-state index contributed by atoms with van der Waals surface area (Å²) in [5, 5.41) is 17.7. The van der Waals surface area contributed by atoms with Gasteiger partial charge in [-0.15, -0.1) is 0 Å². The molecule has 0 saturated heterocycles. The van der Waals surface area contributed by atoms with E-state index < -0.39 is 24.2 Å². The van der Waals surface area contributed by atoms with Gasteiger partial charge in [0.25, 0.3) is 0 Å². The van der Waals surface area contributed by atoms with Gasteiger partial charge in [-0.3, -0.25) is 4.79 Å². The van der Waals surface area contributed by atoms with Gasteiger partial charge in [0.2, 0.25) is 0 Å². The molecule has 0 aromatic heterocycles. The zero-order chi connectivity index (χ0) is 10.4. The van der Waals surface area contributed by atoms with Crippen molar-refractivity contribution in [1.29, 1.82) is 0 Å². The number of rotatable bonds is 5. The van der Waals surface area contributed by atoms with E-state index in [1.807, 2.05) is 0 Å². The van der Waals surface area contributed by atoms with E-state index in [0.29, 0.717) is 0 Å². The van der Waals surface area contributed by atoms with Gasteiger partial charge in [0.1, 0.15) is 12.6 Å². The Morgan fingerprint density at radius 2 is 1.92 bits per heavy atom. The minimum atomic E-state index is -0.821. The van der Waals surface area contributed by atoms with Crippen LogP contribution in [0.15, 0.2) is 0 Å². The Labute approximate surface area is 77.5 Å². The number of aliphatic hydroxyl groups excluding tert-OH is 2. The summed E-state index contributed by atoms with van der Waals surface area (Å²) in [5.41, 5.74) is 5.39. The highest BCUT2D eigenvalue weighted by atomic mass is 16.5. The van der Waals surface area contributed by atoms with Gasteiger partial charge in [-0.1, -0.05) is 0 Å². The molecule has 0 aliphatic carbocycles. The molecule has 0 aliphatic rings. The fourth-order valence-electron chi connectivity index (χ4n) is 0.773. The van der Waals surface area contributed by atoms with Crippen LogP contribution in [0.2, 0.25) is 0 Å². The Bertz CT molecular complexity index is 158. The van der Waals surface area contributed by atoms with E-state index in [9.17, 15) is 4.79 Å².